The summed E-state index contributed by atoms with van der Waals surface area (Å²) < 4.78 is 16.3. The fraction of sp³-hybridized carbons (Fsp3) is 0.333. The highest BCUT2D eigenvalue weighted by atomic mass is 35.5. The van der Waals surface area contributed by atoms with Gasteiger partial charge in [-0.2, -0.15) is 0 Å². The van der Waals surface area contributed by atoms with Crippen molar-refractivity contribution in [2.75, 3.05) is 7.11 Å². The highest BCUT2D eigenvalue weighted by Gasteiger charge is 2.35. The number of carbonyl (C=O) groups excluding carboxylic acids is 2. The third-order valence-corrected chi connectivity index (χ3v) is 5.00. The van der Waals surface area contributed by atoms with Gasteiger partial charge in [0.05, 0.1) is 12.1 Å². The van der Waals surface area contributed by atoms with Crippen molar-refractivity contribution in [1.82, 2.24) is 0 Å². The Labute approximate surface area is 192 Å². The van der Waals surface area contributed by atoms with Crippen molar-refractivity contribution in [3.63, 3.8) is 0 Å². The van der Waals surface area contributed by atoms with Gasteiger partial charge in [0.2, 0.25) is 0 Å². The van der Waals surface area contributed by atoms with Crippen molar-refractivity contribution in [3.8, 4) is 11.5 Å². The molecule has 0 atom stereocenters. The maximum atomic E-state index is 12.4. The molecule has 0 aliphatic carbocycles. The quantitative estimate of drug-likeness (QED) is 0.269. The molecule has 0 aliphatic rings. The van der Waals surface area contributed by atoms with Gasteiger partial charge in [-0.15, -0.1) is 0 Å². The molecule has 0 fully saturated rings. The molecule has 0 bridgehead atoms. The standard InChI is InChI=1S/C24H26Cl2O5/c1-23(2,3)31-22(28)24(4,5)30-19-14-10-16(20(25)21(19)26)9-13-18(27)15-7-11-17(29-6)12-8-15/h7-14H,1-6H3. The van der Waals surface area contributed by atoms with Gasteiger partial charge in [0.1, 0.15) is 22.1 Å². The third-order valence-electron chi connectivity index (χ3n) is 4.12. The van der Waals surface area contributed by atoms with E-state index in [1.807, 2.05) is 0 Å². The first-order valence-corrected chi connectivity index (χ1v) is 10.4. The lowest BCUT2D eigenvalue weighted by molar-refractivity contribution is -0.170. The van der Waals surface area contributed by atoms with Crippen LogP contribution in [0.3, 0.4) is 0 Å². The highest BCUT2D eigenvalue weighted by Crippen LogP contribution is 2.37. The van der Waals surface area contributed by atoms with E-state index in [4.69, 9.17) is 37.4 Å². The SMILES string of the molecule is COc1ccc(C(=O)C=Cc2ccc(OC(C)(C)C(=O)OC(C)(C)C)c(Cl)c2Cl)cc1. The number of allylic oxidation sites excluding steroid dienone is 1. The molecular weight excluding hydrogens is 439 g/mol. The summed E-state index contributed by atoms with van der Waals surface area (Å²) in [6.45, 7) is 8.51. The molecule has 7 heteroatoms. The first-order valence-electron chi connectivity index (χ1n) is 9.61. The van der Waals surface area contributed by atoms with Crippen LogP contribution in [0.2, 0.25) is 10.0 Å². The molecule has 0 spiro atoms. The van der Waals surface area contributed by atoms with Crippen molar-refractivity contribution in [2.45, 2.75) is 45.8 Å². The minimum atomic E-state index is -1.28. The molecule has 2 aromatic rings. The lowest BCUT2D eigenvalue weighted by Gasteiger charge is -2.29. The maximum absolute atomic E-state index is 12.4. The average molecular weight is 465 g/mol. The summed E-state index contributed by atoms with van der Waals surface area (Å²) in [5, 5.41) is 0.343. The number of methoxy groups -OCH3 is 1. The van der Waals surface area contributed by atoms with Crippen LogP contribution in [0.4, 0.5) is 0 Å². The zero-order valence-electron chi connectivity index (χ0n) is 18.4. The van der Waals surface area contributed by atoms with E-state index < -0.39 is 17.2 Å². The fourth-order valence-corrected chi connectivity index (χ4v) is 2.92. The van der Waals surface area contributed by atoms with E-state index in [2.05, 4.69) is 0 Å². The molecule has 5 nitrogen and oxygen atoms in total. The molecule has 0 radical (unpaired) electrons. The minimum absolute atomic E-state index is 0.136. The summed E-state index contributed by atoms with van der Waals surface area (Å²) in [4.78, 5) is 24.8. The summed E-state index contributed by atoms with van der Waals surface area (Å²) in [6, 6.07) is 10.0. The zero-order valence-corrected chi connectivity index (χ0v) is 19.9. The molecule has 166 valence electrons. The molecule has 0 N–H and O–H groups in total. The van der Waals surface area contributed by atoms with Crippen LogP contribution in [-0.4, -0.2) is 30.1 Å². The molecule has 31 heavy (non-hydrogen) atoms. The van der Waals surface area contributed by atoms with Crippen molar-refractivity contribution < 1.29 is 23.8 Å². The molecule has 0 saturated carbocycles. The number of benzene rings is 2. The first-order chi connectivity index (χ1) is 14.3. The summed E-state index contributed by atoms with van der Waals surface area (Å²) in [5.41, 5.74) is -0.874. The van der Waals surface area contributed by atoms with Gasteiger partial charge in [0, 0.05) is 5.56 Å². The second-order valence-corrected chi connectivity index (χ2v) is 9.08. The number of esters is 1. The Balaban J connectivity index is 2.18. The van der Waals surface area contributed by atoms with Crippen molar-refractivity contribution in [1.29, 1.82) is 0 Å². The molecule has 2 rings (SSSR count). The predicted octanol–water partition coefficient (Wildman–Crippen LogP) is 6.40. The molecular formula is C24H26Cl2O5. The number of rotatable bonds is 7. The second-order valence-electron chi connectivity index (χ2n) is 8.32. The van der Waals surface area contributed by atoms with Gasteiger partial charge in [-0.3, -0.25) is 4.79 Å². The van der Waals surface area contributed by atoms with Gasteiger partial charge < -0.3 is 14.2 Å². The van der Waals surface area contributed by atoms with E-state index in [1.54, 1.807) is 84.2 Å². The van der Waals surface area contributed by atoms with Crippen LogP contribution in [0.25, 0.3) is 6.08 Å². The summed E-state index contributed by atoms with van der Waals surface area (Å²) in [7, 11) is 1.56. The first kappa shape index (κ1) is 24.8. The molecule has 2 aromatic carbocycles. The van der Waals surface area contributed by atoms with E-state index in [9.17, 15) is 9.59 Å². The largest absolute Gasteiger partial charge is 0.497 e. The van der Waals surface area contributed by atoms with Crippen LogP contribution in [-0.2, 0) is 9.53 Å². The topological polar surface area (TPSA) is 61.8 Å². The van der Waals surface area contributed by atoms with Gasteiger partial charge in [-0.05, 0) is 88.7 Å². The Hall–Kier alpha value is -2.50. The number of carbonyl (C=O) groups is 2. The van der Waals surface area contributed by atoms with E-state index in [1.165, 1.54) is 6.08 Å². The van der Waals surface area contributed by atoms with Crippen LogP contribution >= 0.6 is 23.2 Å². The number of hydrogen-bond acceptors (Lipinski definition) is 5. The summed E-state index contributed by atoms with van der Waals surface area (Å²) in [6.07, 6.45) is 2.98. The third kappa shape index (κ3) is 6.74. The monoisotopic (exact) mass is 464 g/mol. The van der Waals surface area contributed by atoms with Crippen LogP contribution in [0, 0.1) is 0 Å². The van der Waals surface area contributed by atoms with Crippen LogP contribution in [0.1, 0.15) is 50.5 Å². The molecule has 0 aliphatic heterocycles. The molecule has 0 heterocycles. The smallest absolute Gasteiger partial charge is 0.350 e. The van der Waals surface area contributed by atoms with Gasteiger partial charge in [0.25, 0.3) is 0 Å². The van der Waals surface area contributed by atoms with E-state index in [0.29, 0.717) is 16.9 Å². The van der Waals surface area contributed by atoms with E-state index >= 15 is 0 Å². The van der Waals surface area contributed by atoms with Crippen molar-refractivity contribution >= 4 is 41.0 Å². The molecule has 0 unspecified atom stereocenters. The molecule has 0 aromatic heterocycles. The Bertz CT molecular complexity index is 986. The van der Waals surface area contributed by atoms with Gasteiger partial charge in [-0.1, -0.05) is 23.2 Å². The lowest BCUT2D eigenvalue weighted by Crippen LogP contribution is -2.43. The Kier molecular flexibility index (Phi) is 7.79. The van der Waals surface area contributed by atoms with Gasteiger partial charge in [-0.25, -0.2) is 4.79 Å². The number of ketones is 1. The fourth-order valence-electron chi connectivity index (χ4n) is 2.49. The summed E-state index contributed by atoms with van der Waals surface area (Å²) >= 11 is 12.7. The Morgan fingerprint density at radius 1 is 0.903 bits per heavy atom. The maximum Gasteiger partial charge on any atom is 0.350 e. The van der Waals surface area contributed by atoms with Gasteiger partial charge >= 0.3 is 5.97 Å². The summed E-state index contributed by atoms with van der Waals surface area (Å²) in [5.74, 6) is 0.184. The molecule has 0 saturated heterocycles. The van der Waals surface area contributed by atoms with E-state index in [-0.39, 0.29) is 21.6 Å². The zero-order chi connectivity index (χ0) is 23.4. The predicted molar refractivity (Wildman–Crippen MR) is 123 cm³/mol. The second kappa shape index (κ2) is 9.75. The minimum Gasteiger partial charge on any atom is -0.497 e. The van der Waals surface area contributed by atoms with E-state index in [0.717, 1.165) is 0 Å². The number of halogens is 2. The highest BCUT2D eigenvalue weighted by molar-refractivity contribution is 6.43. The van der Waals surface area contributed by atoms with Crippen LogP contribution in [0.15, 0.2) is 42.5 Å². The van der Waals surface area contributed by atoms with Crippen LogP contribution < -0.4 is 9.47 Å². The van der Waals surface area contributed by atoms with Crippen LogP contribution in [0.5, 0.6) is 11.5 Å². The normalized spacial score (nSPS) is 12.0. The molecule has 0 amide bonds. The number of ether oxygens (including phenoxy) is 3. The Morgan fingerprint density at radius 2 is 1.52 bits per heavy atom. The van der Waals surface area contributed by atoms with Crippen molar-refractivity contribution in [3.05, 3.63) is 63.6 Å². The lowest BCUT2D eigenvalue weighted by atomic mass is 10.1. The average Bonchev–Trinajstić information content (AvgIpc) is 2.69. The van der Waals surface area contributed by atoms with Gasteiger partial charge in [0.15, 0.2) is 11.4 Å². The Morgan fingerprint density at radius 3 is 2.06 bits per heavy atom. The van der Waals surface area contributed by atoms with Crippen molar-refractivity contribution in [2.24, 2.45) is 0 Å². The number of hydrogen-bond donors (Lipinski definition) is 0.